The van der Waals surface area contributed by atoms with Gasteiger partial charge in [-0.05, 0) is 48.9 Å². The third-order valence-corrected chi connectivity index (χ3v) is 4.97. The van der Waals surface area contributed by atoms with Crippen molar-refractivity contribution in [3.05, 3.63) is 76.1 Å². The van der Waals surface area contributed by atoms with Crippen LogP contribution in [0.3, 0.4) is 0 Å². The van der Waals surface area contributed by atoms with Gasteiger partial charge in [-0.2, -0.15) is 0 Å². The van der Waals surface area contributed by atoms with Gasteiger partial charge in [-0.25, -0.2) is 9.67 Å². The van der Waals surface area contributed by atoms with E-state index in [0.717, 1.165) is 33.4 Å². The summed E-state index contributed by atoms with van der Waals surface area (Å²) in [5, 5.41) is 4.40. The highest BCUT2D eigenvalue weighted by Crippen LogP contribution is 2.30. The van der Waals surface area contributed by atoms with Gasteiger partial charge in [-0.15, -0.1) is 0 Å². The molecule has 0 unspecified atom stereocenters. The highest BCUT2D eigenvalue weighted by Gasteiger charge is 2.16. The summed E-state index contributed by atoms with van der Waals surface area (Å²) in [6, 6.07) is 13.1. The number of aryl methyl sites for hydroxylation is 1. The molecule has 0 atom stereocenters. The molecular formula is C20H14ClN5O. The summed E-state index contributed by atoms with van der Waals surface area (Å²) in [5.41, 5.74) is 5.84. The average molecular weight is 376 g/mol. The number of imidazole rings is 1. The van der Waals surface area contributed by atoms with E-state index in [4.69, 9.17) is 11.6 Å². The summed E-state index contributed by atoms with van der Waals surface area (Å²) in [6.45, 7) is 1.93. The van der Waals surface area contributed by atoms with Crippen LogP contribution in [0.15, 0.2) is 59.8 Å². The maximum atomic E-state index is 12.9. The lowest BCUT2D eigenvalue weighted by atomic mass is 10.0. The molecule has 6 nitrogen and oxygen atoms in total. The van der Waals surface area contributed by atoms with Gasteiger partial charge in [0.25, 0.3) is 5.56 Å². The Morgan fingerprint density at radius 1 is 1.07 bits per heavy atom. The van der Waals surface area contributed by atoms with Crippen LogP contribution in [0.5, 0.6) is 0 Å². The first kappa shape index (κ1) is 15.8. The Labute approximate surface area is 158 Å². The van der Waals surface area contributed by atoms with Gasteiger partial charge in [-0.3, -0.25) is 14.9 Å². The zero-order valence-electron chi connectivity index (χ0n) is 14.3. The fourth-order valence-corrected chi connectivity index (χ4v) is 3.51. The summed E-state index contributed by atoms with van der Waals surface area (Å²) >= 11 is 5.97. The van der Waals surface area contributed by atoms with Crippen molar-refractivity contribution in [1.82, 2.24) is 24.7 Å². The number of nitrogens with one attached hydrogen (secondary N) is 2. The monoisotopic (exact) mass is 375 g/mol. The highest BCUT2D eigenvalue weighted by molar-refractivity contribution is 6.30. The second-order valence-electron chi connectivity index (χ2n) is 6.37. The molecule has 5 rings (SSSR count). The van der Waals surface area contributed by atoms with Crippen LogP contribution in [0, 0.1) is 6.92 Å². The number of H-pyrrole nitrogens is 2. The molecule has 3 heterocycles. The van der Waals surface area contributed by atoms with Crippen molar-refractivity contribution in [3.8, 4) is 16.8 Å². The van der Waals surface area contributed by atoms with E-state index in [9.17, 15) is 4.79 Å². The van der Waals surface area contributed by atoms with E-state index in [1.54, 1.807) is 36.8 Å². The first-order valence-corrected chi connectivity index (χ1v) is 8.79. The quantitative estimate of drug-likeness (QED) is 0.485. The fraction of sp³-hybridized carbons (Fsp3) is 0.0500. The number of halogens is 1. The van der Waals surface area contributed by atoms with Gasteiger partial charge in [0, 0.05) is 22.5 Å². The molecule has 0 saturated carbocycles. The second kappa shape index (κ2) is 5.82. The van der Waals surface area contributed by atoms with Crippen molar-refractivity contribution in [2.45, 2.75) is 6.92 Å². The van der Waals surface area contributed by atoms with Gasteiger partial charge in [-0.1, -0.05) is 17.7 Å². The molecule has 0 fully saturated rings. The van der Waals surface area contributed by atoms with E-state index in [1.807, 2.05) is 25.1 Å². The normalized spacial score (nSPS) is 11.5. The molecule has 0 saturated heterocycles. The van der Waals surface area contributed by atoms with E-state index >= 15 is 0 Å². The highest BCUT2D eigenvalue weighted by atomic mass is 35.5. The topological polar surface area (TPSA) is 79.4 Å². The minimum atomic E-state index is -0.149. The lowest BCUT2D eigenvalue weighted by molar-refractivity contribution is 0.864. The van der Waals surface area contributed by atoms with Crippen molar-refractivity contribution >= 4 is 33.5 Å². The van der Waals surface area contributed by atoms with E-state index in [-0.39, 0.29) is 5.56 Å². The molecule has 5 aromatic rings. The van der Waals surface area contributed by atoms with Crippen molar-refractivity contribution in [3.63, 3.8) is 0 Å². The number of fused-ring (bicyclic) bond motifs is 2. The number of hydrogen-bond acceptors (Lipinski definition) is 3. The zero-order valence-corrected chi connectivity index (χ0v) is 15.1. The molecule has 0 bridgehead atoms. The van der Waals surface area contributed by atoms with Crippen molar-refractivity contribution < 1.29 is 0 Å². The average Bonchev–Trinajstić information content (AvgIpc) is 3.26. The van der Waals surface area contributed by atoms with E-state index in [2.05, 4.69) is 20.1 Å². The fourth-order valence-electron chi connectivity index (χ4n) is 3.38. The van der Waals surface area contributed by atoms with Gasteiger partial charge in [0.05, 0.1) is 34.0 Å². The lowest BCUT2D eigenvalue weighted by Gasteiger charge is -2.07. The first-order chi connectivity index (χ1) is 13.1. The SMILES string of the molecule is Cc1ncc2c(=O)n(-c3ccc(Cl)cc3)[nH]c2c1-c1ccc2nc[nH]c2c1. The van der Waals surface area contributed by atoms with Crippen LogP contribution in [-0.2, 0) is 0 Å². The summed E-state index contributed by atoms with van der Waals surface area (Å²) in [4.78, 5) is 24.8. The van der Waals surface area contributed by atoms with E-state index in [0.29, 0.717) is 16.1 Å². The molecular weight excluding hydrogens is 362 g/mol. The molecule has 2 aromatic carbocycles. The number of hydrogen-bond donors (Lipinski definition) is 2. The van der Waals surface area contributed by atoms with Crippen LogP contribution in [0.1, 0.15) is 5.69 Å². The molecule has 2 N–H and O–H groups in total. The van der Waals surface area contributed by atoms with Crippen LogP contribution < -0.4 is 5.56 Å². The Hall–Kier alpha value is -3.38. The van der Waals surface area contributed by atoms with Gasteiger partial charge in [0.15, 0.2) is 0 Å². The van der Waals surface area contributed by atoms with E-state index in [1.165, 1.54) is 4.68 Å². The lowest BCUT2D eigenvalue weighted by Crippen LogP contribution is -2.14. The number of pyridine rings is 1. The van der Waals surface area contributed by atoms with Crippen LogP contribution >= 0.6 is 11.6 Å². The smallest absolute Gasteiger partial charge is 0.280 e. The molecule has 0 aliphatic carbocycles. The molecule has 3 aromatic heterocycles. The largest absolute Gasteiger partial charge is 0.345 e. The minimum absolute atomic E-state index is 0.149. The molecule has 0 aliphatic rings. The van der Waals surface area contributed by atoms with Gasteiger partial charge < -0.3 is 4.98 Å². The summed E-state index contributed by atoms with van der Waals surface area (Å²) in [7, 11) is 0. The maximum absolute atomic E-state index is 12.9. The zero-order chi connectivity index (χ0) is 18.5. The number of rotatable bonds is 2. The minimum Gasteiger partial charge on any atom is -0.345 e. The van der Waals surface area contributed by atoms with Crippen LogP contribution in [0.4, 0.5) is 0 Å². The van der Waals surface area contributed by atoms with Crippen molar-refractivity contribution in [1.29, 1.82) is 0 Å². The molecule has 0 aliphatic heterocycles. The van der Waals surface area contributed by atoms with Crippen LogP contribution in [0.25, 0.3) is 38.8 Å². The Bertz CT molecular complexity index is 1360. The Balaban J connectivity index is 1.79. The standard InChI is InChI=1S/C20H14ClN5O/c1-11-18(12-2-7-16-17(8-12)24-10-23-16)19-15(9-22-11)20(27)26(25-19)14-5-3-13(21)4-6-14/h2-10,25H,1H3,(H,23,24). The van der Waals surface area contributed by atoms with Crippen LogP contribution in [-0.4, -0.2) is 24.7 Å². The molecule has 132 valence electrons. The van der Waals surface area contributed by atoms with Crippen molar-refractivity contribution in [2.24, 2.45) is 0 Å². The predicted molar refractivity (Wildman–Crippen MR) is 107 cm³/mol. The van der Waals surface area contributed by atoms with Gasteiger partial charge >= 0.3 is 0 Å². The molecule has 0 amide bonds. The van der Waals surface area contributed by atoms with Gasteiger partial charge in [0.2, 0.25) is 0 Å². The number of nitrogens with zero attached hydrogens (tertiary/aromatic N) is 3. The Morgan fingerprint density at radius 3 is 2.70 bits per heavy atom. The number of aromatic nitrogens is 5. The number of aromatic amines is 2. The molecule has 7 heteroatoms. The Morgan fingerprint density at radius 2 is 1.89 bits per heavy atom. The van der Waals surface area contributed by atoms with Crippen LogP contribution in [0.2, 0.25) is 5.02 Å². The Kier molecular flexibility index (Phi) is 3.42. The molecule has 27 heavy (non-hydrogen) atoms. The summed E-state index contributed by atoms with van der Waals surface area (Å²) in [6.07, 6.45) is 3.28. The number of benzene rings is 2. The predicted octanol–water partition coefficient (Wildman–Crippen LogP) is 4.22. The van der Waals surface area contributed by atoms with Crippen molar-refractivity contribution in [2.75, 3.05) is 0 Å². The first-order valence-electron chi connectivity index (χ1n) is 8.41. The van der Waals surface area contributed by atoms with E-state index < -0.39 is 0 Å². The molecule has 0 spiro atoms. The third-order valence-electron chi connectivity index (χ3n) is 4.72. The van der Waals surface area contributed by atoms with Gasteiger partial charge in [0.1, 0.15) is 0 Å². The molecule has 0 radical (unpaired) electrons. The summed E-state index contributed by atoms with van der Waals surface area (Å²) < 4.78 is 1.51. The third kappa shape index (κ3) is 2.45. The summed E-state index contributed by atoms with van der Waals surface area (Å²) in [5.74, 6) is 0. The second-order valence-corrected chi connectivity index (χ2v) is 6.81. The maximum Gasteiger partial charge on any atom is 0.280 e.